The zero-order valence-corrected chi connectivity index (χ0v) is 7.16. The average Bonchev–Trinajstić information content (AvgIpc) is 2.00. The van der Waals surface area contributed by atoms with Crippen molar-refractivity contribution in [1.82, 2.24) is 0 Å². The first-order valence-electron chi connectivity index (χ1n) is 3.76. The van der Waals surface area contributed by atoms with E-state index in [0.29, 0.717) is 19.4 Å². The number of aliphatic hydroxyl groups is 1. The standard InChI is InChI=1S/C7H15NO4/c1-11-5-6(3-2-4-9)12-7(8)10/h6,9H,2-5H2,1H3,(H2,8,10). The van der Waals surface area contributed by atoms with Crippen LogP contribution in [0, 0.1) is 0 Å². The lowest BCUT2D eigenvalue weighted by Gasteiger charge is -2.14. The van der Waals surface area contributed by atoms with Gasteiger partial charge in [-0.15, -0.1) is 0 Å². The monoisotopic (exact) mass is 177 g/mol. The molecule has 1 amide bonds. The molecule has 1 atom stereocenters. The van der Waals surface area contributed by atoms with E-state index in [1.165, 1.54) is 7.11 Å². The Labute approximate surface area is 71.5 Å². The highest BCUT2D eigenvalue weighted by Gasteiger charge is 2.10. The van der Waals surface area contributed by atoms with Gasteiger partial charge in [0.15, 0.2) is 0 Å². The van der Waals surface area contributed by atoms with E-state index in [0.717, 1.165) is 0 Å². The lowest BCUT2D eigenvalue weighted by atomic mass is 10.2. The van der Waals surface area contributed by atoms with Crippen molar-refractivity contribution in [3.05, 3.63) is 0 Å². The third-order valence-corrected chi connectivity index (χ3v) is 1.32. The van der Waals surface area contributed by atoms with E-state index in [2.05, 4.69) is 0 Å². The number of rotatable bonds is 6. The second-order valence-corrected chi connectivity index (χ2v) is 2.38. The molecule has 0 bridgehead atoms. The average molecular weight is 177 g/mol. The van der Waals surface area contributed by atoms with Gasteiger partial charge in [-0.3, -0.25) is 0 Å². The maximum atomic E-state index is 10.3. The minimum atomic E-state index is -0.810. The minimum Gasteiger partial charge on any atom is -0.444 e. The molecular weight excluding hydrogens is 162 g/mol. The fraction of sp³-hybridized carbons (Fsp3) is 0.857. The van der Waals surface area contributed by atoms with Crippen LogP contribution in [0.2, 0.25) is 0 Å². The smallest absolute Gasteiger partial charge is 0.404 e. The molecule has 0 heterocycles. The Morgan fingerprint density at radius 3 is 2.75 bits per heavy atom. The number of hydrogen-bond acceptors (Lipinski definition) is 4. The molecule has 0 radical (unpaired) electrons. The van der Waals surface area contributed by atoms with E-state index in [9.17, 15) is 4.79 Å². The Hall–Kier alpha value is -0.810. The Bertz CT molecular complexity index is 129. The zero-order chi connectivity index (χ0) is 9.40. The molecule has 0 fully saturated rings. The van der Waals surface area contributed by atoms with Crippen molar-refractivity contribution in [1.29, 1.82) is 0 Å². The molecule has 0 aliphatic carbocycles. The maximum absolute atomic E-state index is 10.3. The van der Waals surface area contributed by atoms with Crippen LogP contribution in [0.25, 0.3) is 0 Å². The summed E-state index contributed by atoms with van der Waals surface area (Å²) in [6.45, 7) is 0.380. The molecule has 0 spiro atoms. The van der Waals surface area contributed by atoms with Crippen LogP contribution < -0.4 is 5.73 Å². The van der Waals surface area contributed by atoms with Gasteiger partial charge in [0.1, 0.15) is 6.10 Å². The third-order valence-electron chi connectivity index (χ3n) is 1.32. The highest BCUT2D eigenvalue weighted by atomic mass is 16.6. The summed E-state index contributed by atoms with van der Waals surface area (Å²) in [4.78, 5) is 10.3. The SMILES string of the molecule is COCC(CCCO)OC(N)=O. The predicted octanol–water partition coefficient (Wildman–Crippen LogP) is -0.131. The topological polar surface area (TPSA) is 81.8 Å². The number of primary amides is 1. The Morgan fingerprint density at radius 1 is 1.67 bits per heavy atom. The Morgan fingerprint density at radius 2 is 2.33 bits per heavy atom. The first-order valence-corrected chi connectivity index (χ1v) is 3.76. The quantitative estimate of drug-likeness (QED) is 0.592. The summed E-state index contributed by atoms with van der Waals surface area (Å²) in [5.41, 5.74) is 4.82. The molecule has 72 valence electrons. The molecule has 5 nitrogen and oxygen atoms in total. The molecule has 0 saturated carbocycles. The molecule has 0 aromatic carbocycles. The van der Waals surface area contributed by atoms with Gasteiger partial charge in [-0.2, -0.15) is 0 Å². The molecule has 0 rings (SSSR count). The van der Waals surface area contributed by atoms with Crippen molar-refractivity contribution in [2.75, 3.05) is 20.3 Å². The van der Waals surface area contributed by atoms with Crippen molar-refractivity contribution >= 4 is 6.09 Å². The molecule has 1 unspecified atom stereocenters. The Kier molecular flexibility index (Phi) is 6.41. The number of aliphatic hydroxyl groups excluding tert-OH is 1. The van der Waals surface area contributed by atoms with Crippen LogP contribution in [-0.2, 0) is 9.47 Å². The van der Waals surface area contributed by atoms with Gasteiger partial charge in [-0.25, -0.2) is 4.79 Å². The molecule has 5 heteroatoms. The van der Waals surface area contributed by atoms with E-state index in [1.807, 2.05) is 0 Å². The first-order chi connectivity index (χ1) is 5.70. The molecule has 0 aliphatic rings. The van der Waals surface area contributed by atoms with Crippen molar-refractivity contribution in [2.45, 2.75) is 18.9 Å². The molecule has 3 N–H and O–H groups in total. The van der Waals surface area contributed by atoms with Crippen molar-refractivity contribution in [3.8, 4) is 0 Å². The number of nitrogens with two attached hydrogens (primary N) is 1. The lowest BCUT2D eigenvalue weighted by Crippen LogP contribution is -2.26. The summed E-state index contributed by atoms with van der Waals surface area (Å²) in [5, 5.41) is 8.50. The normalized spacial score (nSPS) is 12.5. The first kappa shape index (κ1) is 11.2. The van der Waals surface area contributed by atoms with Crippen LogP contribution in [-0.4, -0.2) is 37.6 Å². The fourth-order valence-corrected chi connectivity index (χ4v) is 0.845. The number of ether oxygens (including phenoxy) is 2. The van der Waals surface area contributed by atoms with Gasteiger partial charge in [0.25, 0.3) is 0 Å². The second-order valence-electron chi connectivity index (χ2n) is 2.38. The van der Waals surface area contributed by atoms with Crippen LogP contribution >= 0.6 is 0 Å². The highest BCUT2D eigenvalue weighted by Crippen LogP contribution is 2.02. The summed E-state index contributed by atoms with van der Waals surface area (Å²) < 4.78 is 9.48. The van der Waals surface area contributed by atoms with Gasteiger partial charge in [0, 0.05) is 13.7 Å². The van der Waals surface area contributed by atoms with E-state index in [-0.39, 0.29) is 12.7 Å². The van der Waals surface area contributed by atoms with E-state index < -0.39 is 6.09 Å². The van der Waals surface area contributed by atoms with Gasteiger partial charge in [0.2, 0.25) is 0 Å². The van der Waals surface area contributed by atoms with Gasteiger partial charge in [0.05, 0.1) is 6.61 Å². The molecule has 12 heavy (non-hydrogen) atoms. The van der Waals surface area contributed by atoms with Gasteiger partial charge in [-0.05, 0) is 12.8 Å². The van der Waals surface area contributed by atoms with Gasteiger partial charge < -0.3 is 20.3 Å². The van der Waals surface area contributed by atoms with E-state index in [4.69, 9.17) is 20.3 Å². The Balaban J connectivity index is 3.61. The number of carbonyl (C=O) groups excluding carboxylic acids is 1. The van der Waals surface area contributed by atoms with Crippen LogP contribution in [0.1, 0.15) is 12.8 Å². The molecule has 0 aliphatic heterocycles. The van der Waals surface area contributed by atoms with Crippen LogP contribution in [0.15, 0.2) is 0 Å². The summed E-state index contributed by atoms with van der Waals surface area (Å²) in [5.74, 6) is 0. The summed E-state index contributed by atoms with van der Waals surface area (Å²) in [6.07, 6.45) is -0.0242. The largest absolute Gasteiger partial charge is 0.444 e. The molecule has 0 aromatic heterocycles. The lowest BCUT2D eigenvalue weighted by molar-refractivity contribution is 0.0359. The molecule has 0 aromatic rings. The highest BCUT2D eigenvalue weighted by molar-refractivity contribution is 5.64. The maximum Gasteiger partial charge on any atom is 0.404 e. The fourth-order valence-electron chi connectivity index (χ4n) is 0.845. The van der Waals surface area contributed by atoms with Crippen molar-refractivity contribution in [3.63, 3.8) is 0 Å². The zero-order valence-electron chi connectivity index (χ0n) is 7.16. The van der Waals surface area contributed by atoms with Crippen LogP contribution in [0.3, 0.4) is 0 Å². The molecule has 0 saturated heterocycles. The predicted molar refractivity (Wildman–Crippen MR) is 42.7 cm³/mol. The van der Waals surface area contributed by atoms with Gasteiger partial charge >= 0.3 is 6.09 Å². The van der Waals surface area contributed by atoms with Crippen molar-refractivity contribution in [2.24, 2.45) is 5.73 Å². The number of hydrogen-bond donors (Lipinski definition) is 2. The van der Waals surface area contributed by atoms with Gasteiger partial charge in [-0.1, -0.05) is 0 Å². The number of methoxy groups -OCH3 is 1. The van der Waals surface area contributed by atoms with E-state index in [1.54, 1.807) is 0 Å². The van der Waals surface area contributed by atoms with Crippen LogP contribution in [0.5, 0.6) is 0 Å². The molecular formula is C7H15NO4. The summed E-state index contributed by atoms with van der Waals surface area (Å²) >= 11 is 0. The van der Waals surface area contributed by atoms with Crippen LogP contribution in [0.4, 0.5) is 4.79 Å². The van der Waals surface area contributed by atoms with E-state index >= 15 is 0 Å². The van der Waals surface area contributed by atoms with Crippen molar-refractivity contribution < 1.29 is 19.4 Å². The third kappa shape index (κ3) is 5.94. The summed E-state index contributed by atoms with van der Waals surface area (Å²) in [6, 6.07) is 0. The second kappa shape index (κ2) is 6.87. The summed E-state index contributed by atoms with van der Waals surface area (Å²) in [7, 11) is 1.51. The number of amides is 1. The minimum absolute atomic E-state index is 0.0718. The number of carbonyl (C=O) groups is 1.